The molecule has 0 bridgehead atoms. The van der Waals surface area contributed by atoms with Gasteiger partial charge >= 0.3 is 0 Å². The topological polar surface area (TPSA) is 25.8 Å². The number of aryl methyl sites for hydroxylation is 1. The van der Waals surface area contributed by atoms with Crippen LogP contribution in [0.15, 0.2) is 334 Å². The first-order valence-electron chi connectivity index (χ1n) is 29.4. The summed E-state index contributed by atoms with van der Waals surface area (Å²) in [6.07, 6.45) is 3.61. The van der Waals surface area contributed by atoms with Crippen molar-refractivity contribution >= 4 is 42.2 Å². The van der Waals surface area contributed by atoms with Crippen molar-refractivity contribution in [2.24, 2.45) is 0 Å². The monoisotopic (exact) mass is 1500 g/mol. The zero-order valence-corrected chi connectivity index (χ0v) is 54.3. The molecule has 5 heteroatoms. The van der Waals surface area contributed by atoms with Crippen LogP contribution >= 0.6 is 9.84 Å². The first-order chi connectivity index (χ1) is 43.1. The van der Waals surface area contributed by atoms with Gasteiger partial charge in [0.25, 0.3) is 0 Å². The van der Waals surface area contributed by atoms with Gasteiger partial charge in [-0.15, -0.1) is 71.3 Å². The maximum Gasteiger partial charge on any atom is 0.0511 e. The van der Waals surface area contributed by atoms with Crippen LogP contribution in [0.4, 0.5) is 0 Å². The molecule has 0 saturated carbocycles. The second-order valence-corrected chi connectivity index (χ2v) is 21.0. The van der Waals surface area contributed by atoms with Gasteiger partial charge in [-0.1, -0.05) is 236 Å². The molecule has 0 aliphatic carbocycles. The first-order valence-corrected chi connectivity index (χ1v) is 28.9. The molecule has 15 aromatic rings. The molecule has 2 radical (unpaired) electrons. The van der Waals surface area contributed by atoms with E-state index in [1.165, 1.54) is 116 Å². The summed E-state index contributed by atoms with van der Waals surface area (Å²) in [7, 11) is 1.67. The Balaban J connectivity index is 0.000000203. The number of benzene rings is 13. The number of hydrogen-bond acceptors (Lipinski definition) is 2. The third-order valence-electron chi connectivity index (χ3n) is 15.7. The largest absolute Gasteiger partial charge is 0.305 e. The van der Waals surface area contributed by atoms with E-state index in [9.17, 15) is 0 Å². The van der Waals surface area contributed by atoms with Gasteiger partial charge in [0.2, 0.25) is 0 Å². The number of pyridine rings is 2. The molecule has 0 N–H and O–H groups in total. The van der Waals surface area contributed by atoms with Gasteiger partial charge in [-0.3, -0.25) is 0 Å². The first kappa shape index (κ1) is 60.4. The predicted octanol–water partition coefficient (Wildman–Crippen LogP) is 22.3. The van der Waals surface area contributed by atoms with E-state index in [0.717, 1.165) is 22.5 Å². The standard InChI is InChI=1S/C54H36.C17H12N.C12H10N.2Ir.H3P/c1-7-19-37(20-8-1)43-31-49-50(32-44(43)38-21-9-2-10-22-38)52-34-46(40-25-13-4-14-26-40)48(42-29-17-6-18-30-42)36-54(52)53-35-47(41-27-15-5-16-28-41)45(33-51(49)53)39-23-11-3-12-24-39;1-2-7-14(8-3-1)15-9-6-10-16(13-15)17-11-4-5-12-18-17;1-10-6-5-9-13-12(10)11-7-3-2-4-8-11;;;/h1-36H;1-9,11-13H;2-7,9H,1H3;;;1H3/q;2*-1;;;/i;;;;;1T. The summed E-state index contributed by atoms with van der Waals surface area (Å²) in [5.74, 6) is 0. The van der Waals surface area contributed by atoms with E-state index in [-0.39, 0.29) is 40.2 Å². The van der Waals surface area contributed by atoms with Crippen molar-refractivity contribution in [3.05, 3.63) is 352 Å². The molecule has 1 unspecified atom stereocenters. The van der Waals surface area contributed by atoms with Crippen LogP contribution in [0, 0.1) is 19.1 Å². The molecule has 0 spiro atoms. The van der Waals surface area contributed by atoms with Crippen LogP contribution in [-0.2, 0) is 40.2 Å². The molecule has 2 heterocycles. The van der Waals surface area contributed by atoms with Crippen molar-refractivity contribution in [3.8, 4) is 100 Å². The molecule has 1 atom stereocenters. The average molecular weight is 1500 g/mol. The fourth-order valence-electron chi connectivity index (χ4n) is 11.5. The second kappa shape index (κ2) is 29.4. The molecular weight excluding hydrogens is 1440 g/mol. The van der Waals surface area contributed by atoms with Crippen molar-refractivity contribution in [2.75, 3.05) is 0 Å². The van der Waals surface area contributed by atoms with Crippen molar-refractivity contribution in [3.63, 3.8) is 0 Å². The SMILES string of the molecule is Cc1cccnc1-c1[c-]cccc1.[3H]P.[Ir].[Ir].[c-]1ccc(-c2ccccc2)cc1-c1ccccn1.c1ccc(-c2cc3c4cc(-c5ccccc5)c(-c5ccccc5)cc4c4cc(-c5ccccc5)c(-c5ccccc5)cc4c3cc2-c2ccccc2)cc1. The van der Waals surface area contributed by atoms with Gasteiger partial charge < -0.3 is 9.97 Å². The Labute approximate surface area is 548 Å². The minimum atomic E-state index is 0. The predicted molar refractivity (Wildman–Crippen MR) is 370 cm³/mol. The fraction of sp³-hybridized carbons (Fsp3) is 0.0120. The van der Waals surface area contributed by atoms with Crippen LogP contribution in [0.1, 0.15) is 5.56 Å². The molecule has 0 fully saturated rings. The van der Waals surface area contributed by atoms with Crippen molar-refractivity contribution in [2.45, 2.75) is 6.92 Å². The third-order valence-corrected chi connectivity index (χ3v) is 15.7. The van der Waals surface area contributed by atoms with Gasteiger partial charge in [0.15, 0.2) is 0 Å². The summed E-state index contributed by atoms with van der Waals surface area (Å²) >= 11 is 0. The van der Waals surface area contributed by atoms with E-state index >= 15 is 0 Å². The summed E-state index contributed by atoms with van der Waals surface area (Å²) in [6.45, 7) is 2.06. The summed E-state index contributed by atoms with van der Waals surface area (Å²) in [5, 5.41) is 7.50. The van der Waals surface area contributed by atoms with Gasteiger partial charge in [-0.25, -0.2) is 0 Å². The Kier molecular flexibility index (Phi) is 20.1. The number of hydrogen-bond donors (Lipinski definition) is 0. The molecule has 0 aliphatic heterocycles. The van der Waals surface area contributed by atoms with Crippen molar-refractivity contribution in [1.29, 1.82) is 1.28 Å². The van der Waals surface area contributed by atoms with Gasteiger partial charge in [-0.05, 0) is 171 Å². The Morgan fingerprint density at radius 1 is 0.273 bits per heavy atom. The summed E-state index contributed by atoms with van der Waals surface area (Å²) in [5.41, 5.74) is 22.3. The van der Waals surface area contributed by atoms with Crippen molar-refractivity contribution in [1.82, 2.24) is 9.97 Å². The molecule has 428 valence electrons. The maximum atomic E-state index is 5.67. The Hall–Kier alpha value is -9.33. The molecule has 2 nitrogen and oxygen atoms in total. The van der Waals surface area contributed by atoms with Crippen LogP contribution in [0.25, 0.3) is 133 Å². The number of aromatic nitrogens is 2. The molecule has 13 aromatic carbocycles. The normalized spacial score (nSPS) is 10.6. The van der Waals surface area contributed by atoms with Gasteiger partial charge in [0.05, 0.1) is 1.28 Å². The Morgan fingerprint density at radius 2 is 0.591 bits per heavy atom. The van der Waals surface area contributed by atoms with Crippen LogP contribution in [0.2, 0.25) is 0 Å². The third kappa shape index (κ3) is 13.6. The van der Waals surface area contributed by atoms with Crippen LogP contribution in [0.3, 0.4) is 0 Å². The molecule has 88 heavy (non-hydrogen) atoms. The van der Waals surface area contributed by atoms with E-state index in [2.05, 4.69) is 278 Å². The van der Waals surface area contributed by atoms with Crippen molar-refractivity contribution < 1.29 is 40.2 Å². The number of rotatable bonds is 9. The summed E-state index contributed by atoms with van der Waals surface area (Å²) < 4.78 is 5.67. The van der Waals surface area contributed by atoms with E-state index < -0.39 is 0 Å². The van der Waals surface area contributed by atoms with Crippen LogP contribution in [-0.4, -0.2) is 11.2 Å². The number of nitrogens with zero attached hydrogens (tertiary/aromatic N) is 2. The number of fused-ring (bicyclic) bond motifs is 6. The van der Waals surface area contributed by atoms with Gasteiger partial charge in [-0.2, -0.15) is 9.84 Å². The van der Waals surface area contributed by atoms with Gasteiger partial charge in [0.1, 0.15) is 0 Å². The molecule has 0 saturated heterocycles. The Morgan fingerprint density at radius 3 is 0.909 bits per heavy atom. The minimum Gasteiger partial charge on any atom is -0.305 e. The molecule has 2 aromatic heterocycles. The molecule has 0 amide bonds. The second-order valence-electron chi connectivity index (χ2n) is 21.0. The van der Waals surface area contributed by atoms with E-state index in [4.69, 9.17) is 1.28 Å². The average Bonchev–Trinajstić information content (AvgIpc) is 0.784. The van der Waals surface area contributed by atoms with E-state index in [0.29, 0.717) is 0 Å². The zero-order chi connectivity index (χ0) is 59.2. The minimum absolute atomic E-state index is 0. The van der Waals surface area contributed by atoms with Crippen LogP contribution in [0.5, 0.6) is 0 Å². The summed E-state index contributed by atoms with van der Waals surface area (Å²) in [4.78, 5) is 8.67. The quantitative estimate of drug-likeness (QED) is 0.0818. The van der Waals surface area contributed by atoms with Crippen LogP contribution < -0.4 is 0 Å². The maximum absolute atomic E-state index is 5.67. The molecule has 0 aliphatic rings. The van der Waals surface area contributed by atoms with Gasteiger partial charge in [0, 0.05) is 52.6 Å². The smallest absolute Gasteiger partial charge is 0.0511 e. The molecular formula is C83H61Ir2N2P-2. The fourth-order valence-corrected chi connectivity index (χ4v) is 11.5. The summed E-state index contributed by atoms with van der Waals surface area (Å²) in [6, 6.07) is 121. The van der Waals surface area contributed by atoms with E-state index in [1.807, 2.05) is 79.0 Å². The van der Waals surface area contributed by atoms with E-state index in [1.54, 1.807) is 16.0 Å². The Bertz CT molecular complexity index is 4110. The molecule has 15 rings (SSSR count). The zero-order valence-electron chi connectivity index (χ0n) is 49.4.